The fraction of sp³-hybridized carbons (Fsp3) is 0.333. The summed E-state index contributed by atoms with van der Waals surface area (Å²) in [5.41, 5.74) is 1.31. The maximum atomic E-state index is 4.39. The zero-order valence-corrected chi connectivity index (χ0v) is 10.3. The molecule has 16 heavy (non-hydrogen) atoms. The Balaban J connectivity index is 1.95. The van der Waals surface area contributed by atoms with Crippen LogP contribution in [-0.2, 0) is 5.75 Å². The van der Waals surface area contributed by atoms with Crippen molar-refractivity contribution in [3.05, 3.63) is 42.1 Å². The van der Waals surface area contributed by atoms with Gasteiger partial charge in [-0.2, -0.15) is 9.90 Å². The van der Waals surface area contributed by atoms with Gasteiger partial charge in [0.1, 0.15) is 5.03 Å². The molecule has 0 N–H and O–H groups in total. The highest BCUT2D eigenvalue weighted by molar-refractivity contribution is 7.98. The minimum Gasteiger partial charge on any atom is -0.181 e. The Morgan fingerprint density at radius 2 is 2.00 bits per heavy atom. The third-order valence-corrected chi connectivity index (χ3v) is 3.14. The van der Waals surface area contributed by atoms with E-state index in [9.17, 15) is 0 Å². The van der Waals surface area contributed by atoms with Gasteiger partial charge in [-0.25, -0.2) is 0 Å². The summed E-state index contributed by atoms with van der Waals surface area (Å²) >= 11 is 1.72. The maximum Gasteiger partial charge on any atom is 0.139 e. The highest BCUT2D eigenvalue weighted by atomic mass is 32.2. The van der Waals surface area contributed by atoms with E-state index in [0.29, 0.717) is 6.04 Å². The molecule has 1 aromatic carbocycles. The second-order valence-electron chi connectivity index (χ2n) is 3.87. The Morgan fingerprint density at radius 1 is 1.25 bits per heavy atom. The molecule has 0 amide bonds. The van der Waals surface area contributed by atoms with E-state index in [1.165, 1.54) is 5.56 Å². The standard InChI is InChI=1S/C12H15N3S/c1-10(2)15-13-8-12(14-15)16-9-11-6-4-3-5-7-11/h3-8,10H,9H2,1-2H3. The lowest BCUT2D eigenvalue weighted by atomic mass is 10.2. The van der Waals surface area contributed by atoms with E-state index >= 15 is 0 Å². The molecule has 0 atom stereocenters. The Morgan fingerprint density at radius 3 is 2.62 bits per heavy atom. The molecule has 0 spiro atoms. The number of nitrogens with zero attached hydrogens (tertiary/aromatic N) is 3. The molecular weight excluding hydrogens is 218 g/mol. The van der Waals surface area contributed by atoms with E-state index in [1.54, 1.807) is 16.6 Å². The molecule has 2 rings (SSSR count). The van der Waals surface area contributed by atoms with Crippen molar-refractivity contribution in [1.82, 2.24) is 15.0 Å². The molecule has 0 radical (unpaired) electrons. The van der Waals surface area contributed by atoms with Gasteiger partial charge in [-0.3, -0.25) is 0 Å². The Bertz CT molecular complexity index is 437. The fourth-order valence-electron chi connectivity index (χ4n) is 1.31. The van der Waals surface area contributed by atoms with Gasteiger partial charge >= 0.3 is 0 Å². The first-order valence-corrected chi connectivity index (χ1v) is 6.33. The lowest BCUT2D eigenvalue weighted by Gasteiger charge is -2.01. The maximum absolute atomic E-state index is 4.39. The molecule has 0 aliphatic heterocycles. The summed E-state index contributed by atoms with van der Waals surface area (Å²) in [5, 5.41) is 9.59. The smallest absolute Gasteiger partial charge is 0.139 e. The van der Waals surface area contributed by atoms with Gasteiger partial charge in [0.15, 0.2) is 0 Å². The average Bonchev–Trinajstić information content (AvgIpc) is 2.76. The fourth-order valence-corrected chi connectivity index (χ4v) is 2.08. The van der Waals surface area contributed by atoms with Crippen molar-refractivity contribution >= 4 is 11.8 Å². The molecule has 4 heteroatoms. The highest BCUT2D eigenvalue weighted by Crippen LogP contribution is 2.20. The van der Waals surface area contributed by atoms with Gasteiger partial charge in [0.25, 0.3) is 0 Å². The van der Waals surface area contributed by atoms with Crippen LogP contribution in [0.25, 0.3) is 0 Å². The summed E-state index contributed by atoms with van der Waals surface area (Å²) in [6.07, 6.45) is 1.83. The predicted octanol–water partition coefficient (Wildman–Crippen LogP) is 3.15. The van der Waals surface area contributed by atoms with Gasteiger partial charge in [-0.15, -0.1) is 5.10 Å². The molecule has 84 valence electrons. The number of benzene rings is 1. The third-order valence-electron chi connectivity index (χ3n) is 2.18. The molecule has 0 aliphatic carbocycles. The van der Waals surface area contributed by atoms with Crippen molar-refractivity contribution < 1.29 is 0 Å². The van der Waals surface area contributed by atoms with E-state index in [1.807, 2.05) is 12.3 Å². The summed E-state index contributed by atoms with van der Waals surface area (Å²) in [7, 11) is 0. The van der Waals surface area contributed by atoms with Gasteiger partial charge in [0.05, 0.1) is 12.2 Å². The summed E-state index contributed by atoms with van der Waals surface area (Å²) < 4.78 is 0. The first-order chi connectivity index (χ1) is 7.75. The zero-order chi connectivity index (χ0) is 11.4. The van der Waals surface area contributed by atoms with Gasteiger partial charge < -0.3 is 0 Å². The second-order valence-corrected chi connectivity index (χ2v) is 4.87. The zero-order valence-electron chi connectivity index (χ0n) is 9.50. The van der Waals surface area contributed by atoms with E-state index in [-0.39, 0.29) is 0 Å². The number of rotatable bonds is 4. The minimum absolute atomic E-state index is 0.325. The quantitative estimate of drug-likeness (QED) is 0.760. The molecule has 0 unspecified atom stereocenters. The van der Waals surface area contributed by atoms with Crippen LogP contribution in [0.1, 0.15) is 25.5 Å². The normalized spacial score (nSPS) is 10.9. The molecule has 0 fully saturated rings. The lowest BCUT2D eigenvalue weighted by Crippen LogP contribution is -2.04. The number of thioether (sulfide) groups is 1. The van der Waals surface area contributed by atoms with Crippen LogP contribution in [0.3, 0.4) is 0 Å². The van der Waals surface area contributed by atoms with Crippen LogP contribution in [0.4, 0.5) is 0 Å². The topological polar surface area (TPSA) is 30.7 Å². The molecule has 3 nitrogen and oxygen atoms in total. The molecule has 0 saturated carbocycles. The van der Waals surface area contributed by atoms with Gasteiger partial charge in [-0.05, 0) is 19.4 Å². The van der Waals surface area contributed by atoms with Crippen LogP contribution in [-0.4, -0.2) is 15.0 Å². The van der Waals surface area contributed by atoms with Crippen LogP contribution in [0.2, 0.25) is 0 Å². The van der Waals surface area contributed by atoms with Crippen molar-refractivity contribution in [2.45, 2.75) is 30.7 Å². The van der Waals surface area contributed by atoms with Crippen LogP contribution >= 0.6 is 11.8 Å². The largest absolute Gasteiger partial charge is 0.181 e. The number of hydrogen-bond acceptors (Lipinski definition) is 3. The molecular formula is C12H15N3S. The lowest BCUT2D eigenvalue weighted by molar-refractivity contribution is 0.460. The molecule has 1 heterocycles. The van der Waals surface area contributed by atoms with Gasteiger partial charge in [0.2, 0.25) is 0 Å². The second kappa shape index (κ2) is 5.16. The molecule has 1 aromatic heterocycles. The highest BCUT2D eigenvalue weighted by Gasteiger charge is 2.04. The van der Waals surface area contributed by atoms with Crippen LogP contribution in [0, 0.1) is 0 Å². The average molecular weight is 233 g/mol. The van der Waals surface area contributed by atoms with Gasteiger partial charge in [-0.1, -0.05) is 42.1 Å². The SMILES string of the molecule is CC(C)n1ncc(SCc2ccccc2)n1. The summed E-state index contributed by atoms with van der Waals surface area (Å²) in [6, 6.07) is 10.7. The van der Waals surface area contributed by atoms with E-state index in [4.69, 9.17) is 0 Å². The molecule has 0 bridgehead atoms. The van der Waals surface area contributed by atoms with Crippen molar-refractivity contribution in [2.24, 2.45) is 0 Å². The predicted molar refractivity (Wildman–Crippen MR) is 66.4 cm³/mol. The first kappa shape index (κ1) is 11.2. The molecule has 0 aliphatic rings. The monoisotopic (exact) mass is 233 g/mol. The Kier molecular flexibility index (Phi) is 3.62. The van der Waals surface area contributed by atoms with Crippen molar-refractivity contribution in [3.63, 3.8) is 0 Å². The van der Waals surface area contributed by atoms with Crippen molar-refractivity contribution in [3.8, 4) is 0 Å². The van der Waals surface area contributed by atoms with Crippen molar-refractivity contribution in [2.75, 3.05) is 0 Å². The molecule has 2 aromatic rings. The van der Waals surface area contributed by atoms with Crippen molar-refractivity contribution in [1.29, 1.82) is 0 Å². The van der Waals surface area contributed by atoms with Crippen LogP contribution in [0.15, 0.2) is 41.6 Å². The van der Waals surface area contributed by atoms with Gasteiger partial charge in [0, 0.05) is 5.75 Å². The van der Waals surface area contributed by atoms with Crippen LogP contribution < -0.4 is 0 Å². The Labute approximate surface area is 99.9 Å². The summed E-state index contributed by atoms with van der Waals surface area (Å²) in [6.45, 7) is 4.15. The van der Waals surface area contributed by atoms with Crippen LogP contribution in [0.5, 0.6) is 0 Å². The number of aromatic nitrogens is 3. The minimum atomic E-state index is 0.325. The van der Waals surface area contributed by atoms with E-state index in [2.05, 4.69) is 48.3 Å². The van der Waals surface area contributed by atoms with E-state index < -0.39 is 0 Å². The van der Waals surface area contributed by atoms with E-state index in [0.717, 1.165) is 10.8 Å². The molecule has 0 saturated heterocycles. The Hall–Kier alpha value is -1.29. The first-order valence-electron chi connectivity index (χ1n) is 5.34. The summed E-state index contributed by atoms with van der Waals surface area (Å²) in [4.78, 5) is 1.74. The summed E-state index contributed by atoms with van der Waals surface area (Å²) in [5.74, 6) is 0.942. The third kappa shape index (κ3) is 2.85. The number of hydrogen-bond donors (Lipinski definition) is 0.